The van der Waals surface area contributed by atoms with E-state index in [4.69, 9.17) is 0 Å². The fourth-order valence-electron chi connectivity index (χ4n) is 1.42. The number of nitrogens with zero attached hydrogens (tertiary/aromatic N) is 1. The Labute approximate surface area is 93.7 Å². The molecular weight excluding hydrogens is 214 g/mol. The molecule has 1 aromatic rings. The third-order valence-corrected chi connectivity index (χ3v) is 2.30. The van der Waals surface area contributed by atoms with Crippen LogP contribution in [0.3, 0.4) is 0 Å². The number of anilines is 1. The number of aliphatic hydroxyl groups excluding tert-OH is 1. The minimum atomic E-state index is -0.948. The van der Waals surface area contributed by atoms with Crippen LogP contribution in [0.25, 0.3) is 0 Å². The predicted octanol–water partition coefficient (Wildman–Crippen LogP) is 1.28. The van der Waals surface area contributed by atoms with Crippen molar-refractivity contribution in [2.24, 2.45) is 0 Å². The summed E-state index contributed by atoms with van der Waals surface area (Å²) in [6.45, 7) is 0.290. The van der Waals surface area contributed by atoms with Crippen LogP contribution in [0.15, 0.2) is 12.1 Å². The van der Waals surface area contributed by atoms with Crippen LogP contribution in [0, 0.1) is 11.6 Å². The number of nitrogens with one attached hydrogen (secondary N) is 1. The topological polar surface area (TPSA) is 35.5 Å². The van der Waals surface area contributed by atoms with Crippen molar-refractivity contribution in [3.8, 4) is 0 Å². The van der Waals surface area contributed by atoms with Gasteiger partial charge in [-0.3, -0.25) is 0 Å². The summed E-state index contributed by atoms with van der Waals surface area (Å²) in [6.07, 6.45) is -0.848. The maximum atomic E-state index is 13.4. The van der Waals surface area contributed by atoms with E-state index in [1.807, 2.05) is 0 Å². The summed E-state index contributed by atoms with van der Waals surface area (Å²) in [5, 5.41) is 12.4. The molecule has 0 amide bonds. The van der Waals surface area contributed by atoms with E-state index in [9.17, 15) is 13.9 Å². The zero-order valence-electron chi connectivity index (χ0n) is 9.59. The molecule has 1 aromatic carbocycles. The molecular formula is C11H16F2N2O. The van der Waals surface area contributed by atoms with E-state index < -0.39 is 17.7 Å². The second kappa shape index (κ2) is 5.23. The monoisotopic (exact) mass is 230 g/mol. The number of hydrogen-bond donors (Lipinski definition) is 2. The molecule has 0 saturated heterocycles. The fourth-order valence-corrected chi connectivity index (χ4v) is 1.42. The molecule has 1 rings (SSSR count). The Morgan fingerprint density at radius 2 is 2.00 bits per heavy atom. The number of aliphatic hydroxyl groups is 1. The smallest absolute Gasteiger partial charge is 0.182 e. The summed E-state index contributed by atoms with van der Waals surface area (Å²) in [6, 6.07) is 2.46. The first-order valence-electron chi connectivity index (χ1n) is 4.96. The van der Waals surface area contributed by atoms with Crippen molar-refractivity contribution in [3.63, 3.8) is 0 Å². The Morgan fingerprint density at radius 1 is 1.38 bits per heavy atom. The zero-order chi connectivity index (χ0) is 12.3. The van der Waals surface area contributed by atoms with Crippen LogP contribution in [0.2, 0.25) is 0 Å². The van der Waals surface area contributed by atoms with E-state index in [1.54, 1.807) is 21.1 Å². The number of halogens is 2. The Balaban J connectivity index is 3.13. The fraction of sp³-hybridized carbons (Fsp3) is 0.455. The number of hydrogen-bond acceptors (Lipinski definition) is 3. The van der Waals surface area contributed by atoms with Gasteiger partial charge < -0.3 is 15.3 Å². The van der Waals surface area contributed by atoms with Crippen molar-refractivity contribution in [3.05, 3.63) is 29.3 Å². The standard InChI is InChI=1S/C11H16F2N2O/c1-14-6-10(16)7-4-8(12)11(13)9(5-7)15(2)3/h4-5,10,14,16H,6H2,1-3H3. The van der Waals surface area contributed by atoms with Gasteiger partial charge in [-0.2, -0.15) is 0 Å². The van der Waals surface area contributed by atoms with Gasteiger partial charge in [-0.1, -0.05) is 0 Å². The van der Waals surface area contributed by atoms with Gasteiger partial charge in [-0.05, 0) is 24.7 Å². The molecule has 0 spiro atoms. The van der Waals surface area contributed by atoms with Crippen molar-refractivity contribution in [1.29, 1.82) is 0 Å². The molecule has 90 valence electrons. The van der Waals surface area contributed by atoms with Crippen LogP contribution in [0.1, 0.15) is 11.7 Å². The zero-order valence-corrected chi connectivity index (χ0v) is 9.59. The van der Waals surface area contributed by atoms with Crippen molar-refractivity contribution < 1.29 is 13.9 Å². The second-order valence-electron chi connectivity index (χ2n) is 3.80. The van der Waals surface area contributed by atoms with Crippen LogP contribution in [0.5, 0.6) is 0 Å². The van der Waals surface area contributed by atoms with Gasteiger partial charge in [0.15, 0.2) is 11.6 Å². The summed E-state index contributed by atoms with van der Waals surface area (Å²) in [5.74, 6) is -1.85. The van der Waals surface area contributed by atoms with E-state index in [1.165, 1.54) is 11.0 Å². The largest absolute Gasteiger partial charge is 0.387 e. The predicted molar refractivity (Wildman–Crippen MR) is 59.6 cm³/mol. The van der Waals surface area contributed by atoms with Gasteiger partial charge in [0.25, 0.3) is 0 Å². The maximum absolute atomic E-state index is 13.4. The Kier molecular flexibility index (Phi) is 4.20. The van der Waals surface area contributed by atoms with E-state index in [-0.39, 0.29) is 12.2 Å². The lowest BCUT2D eigenvalue weighted by molar-refractivity contribution is 0.177. The van der Waals surface area contributed by atoms with Crippen molar-refractivity contribution >= 4 is 5.69 Å². The van der Waals surface area contributed by atoms with E-state index >= 15 is 0 Å². The lowest BCUT2D eigenvalue weighted by Crippen LogP contribution is -2.18. The molecule has 0 aliphatic rings. The first-order chi connectivity index (χ1) is 7.47. The summed E-state index contributed by atoms with van der Waals surface area (Å²) >= 11 is 0. The van der Waals surface area contributed by atoms with Gasteiger partial charge in [0.1, 0.15) is 0 Å². The summed E-state index contributed by atoms with van der Waals surface area (Å²) in [4.78, 5) is 1.47. The highest BCUT2D eigenvalue weighted by molar-refractivity contribution is 5.49. The van der Waals surface area contributed by atoms with Gasteiger partial charge in [0, 0.05) is 20.6 Å². The van der Waals surface area contributed by atoms with E-state index in [0.717, 1.165) is 6.07 Å². The molecule has 3 nitrogen and oxygen atoms in total. The first kappa shape index (κ1) is 12.9. The Bertz CT molecular complexity index is 369. The molecule has 1 atom stereocenters. The molecule has 0 aliphatic carbocycles. The van der Waals surface area contributed by atoms with Gasteiger partial charge in [-0.25, -0.2) is 8.78 Å². The molecule has 0 aromatic heterocycles. The highest BCUT2D eigenvalue weighted by Gasteiger charge is 2.16. The first-order valence-corrected chi connectivity index (χ1v) is 4.96. The number of likely N-dealkylation sites (N-methyl/N-ethyl adjacent to an activating group) is 1. The lowest BCUT2D eigenvalue weighted by atomic mass is 10.1. The molecule has 0 aliphatic heterocycles. The molecule has 5 heteroatoms. The summed E-state index contributed by atoms with van der Waals surface area (Å²) in [5.41, 5.74) is 0.488. The average molecular weight is 230 g/mol. The minimum absolute atomic E-state index is 0.130. The SMILES string of the molecule is CNCC(O)c1cc(F)c(F)c(N(C)C)c1. The van der Waals surface area contributed by atoms with E-state index in [2.05, 4.69) is 5.32 Å². The van der Waals surface area contributed by atoms with Crippen LogP contribution in [0.4, 0.5) is 14.5 Å². The third-order valence-electron chi connectivity index (χ3n) is 2.30. The molecule has 0 bridgehead atoms. The lowest BCUT2D eigenvalue weighted by Gasteiger charge is -2.17. The molecule has 1 unspecified atom stereocenters. The normalized spacial score (nSPS) is 12.6. The van der Waals surface area contributed by atoms with Crippen LogP contribution < -0.4 is 10.2 Å². The quantitative estimate of drug-likeness (QED) is 0.818. The molecule has 0 fully saturated rings. The van der Waals surface area contributed by atoms with Crippen molar-refractivity contribution in [2.45, 2.75) is 6.10 Å². The molecule has 0 heterocycles. The van der Waals surface area contributed by atoms with Gasteiger partial charge in [0.2, 0.25) is 0 Å². The summed E-state index contributed by atoms with van der Waals surface area (Å²) < 4.78 is 26.6. The highest BCUT2D eigenvalue weighted by Crippen LogP contribution is 2.25. The van der Waals surface area contributed by atoms with Crippen LogP contribution >= 0.6 is 0 Å². The van der Waals surface area contributed by atoms with Crippen LogP contribution in [-0.2, 0) is 0 Å². The second-order valence-corrected chi connectivity index (χ2v) is 3.80. The number of benzene rings is 1. The number of rotatable bonds is 4. The maximum Gasteiger partial charge on any atom is 0.182 e. The van der Waals surface area contributed by atoms with Crippen molar-refractivity contribution in [1.82, 2.24) is 5.32 Å². The molecule has 0 saturated carbocycles. The summed E-state index contributed by atoms with van der Waals surface area (Å²) in [7, 11) is 4.91. The minimum Gasteiger partial charge on any atom is -0.387 e. The van der Waals surface area contributed by atoms with Crippen molar-refractivity contribution in [2.75, 3.05) is 32.6 Å². The molecule has 0 radical (unpaired) electrons. The Morgan fingerprint density at radius 3 is 2.50 bits per heavy atom. The van der Waals surface area contributed by atoms with E-state index in [0.29, 0.717) is 5.56 Å². The Hall–Kier alpha value is -1.20. The highest BCUT2D eigenvalue weighted by atomic mass is 19.2. The molecule has 2 N–H and O–H groups in total. The van der Waals surface area contributed by atoms with Gasteiger partial charge in [-0.15, -0.1) is 0 Å². The molecule has 16 heavy (non-hydrogen) atoms. The van der Waals surface area contributed by atoms with Gasteiger partial charge >= 0.3 is 0 Å². The van der Waals surface area contributed by atoms with Crippen LogP contribution in [-0.4, -0.2) is 32.8 Å². The average Bonchev–Trinajstić information content (AvgIpc) is 2.21. The van der Waals surface area contributed by atoms with Gasteiger partial charge in [0.05, 0.1) is 11.8 Å². The third kappa shape index (κ3) is 2.68.